The molecular weight excluding hydrogens is 190 g/mol. The van der Waals surface area contributed by atoms with Crippen LogP contribution < -0.4 is 5.73 Å². The lowest BCUT2D eigenvalue weighted by Gasteiger charge is -2.15. The topological polar surface area (TPSA) is 63.3 Å². The molecule has 0 aromatic heterocycles. The highest BCUT2D eigenvalue weighted by Gasteiger charge is 2.11. The van der Waals surface area contributed by atoms with Crippen LogP contribution in [0.4, 0.5) is 0 Å². The van der Waals surface area contributed by atoms with Crippen LogP contribution in [0.1, 0.15) is 35.6 Å². The average molecular weight is 207 g/mol. The van der Waals surface area contributed by atoms with Crippen molar-refractivity contribution in [1.29, 1.82) is 0 Å². The lowest BCUT2D eigenvalue weighted by Crippen LogP contribution is -2.13. The molecular formula is C12H17NO2. The van der Waals surface area contributed by atoms with E-state index in [4.69, 9.17) is 10.8 Å². The second kappa shape index (κ2) is 4.94. The molecule has 0 aliphatic heterocycles. The highest BCUT2D eigenvalue weighted by molar-refractivity contribution is 5.66. The minimum atomic E-state index is -0.796. The van der Waals surface area contributed by atoms with E-state index in [1.807, 2.05) is 32.0 Å². The minimum absolute atomic E-state index is 0.120. The number of aryl methyl sites for hydroxylation is 1. The first-order chi connectivity index (χ1) is 7.02. The predicted octanol–water partition coefficient (Wildman–Crippen LogP) is 2.17. The van der Waals surface area contributed by atoms with Crippen LogP contribution in [0.3, 0.4) is 0 Å². The first kappa shape index (κ1) is 11.7. The summed E-state index contributed by atoms with van der Waals surface area (Å²) >= 11 is 0. The zero-order valence-corrected chi connectivity index (χ0v) is 9.16. The van der Waals surface area contributed by atoms with Crippen LogP contribution in [0.15, 0.2) is 18.2 Å². The second-order valence-electron chi connectivity index (χ2n) is 3.83. The summed E-state index contributed by atoms with van der Waals surface area (Å²) in [5, 5.41) is 8.58. The zero-order chi connectivity index (χ0) is 11.4. The second-order valence-corrected chi connectivity index (χ2v) is 3.83. The van der Waals surface area contributed by atoms with Crippen molar-refractivity contribution in [2.24, 2.45) is 5.73 Å². The Balaban J connectivity index is 2.77. The van der Waals surface area contributed by atoms with Crippen molar-refractivity contribution in [2.75, 3.05) is 0 Å². The fourth-order valence-electron chi connectivity index (χ4n) is 1.61. The Labute approximate surface area is 89.9 Å². The maximum absolute atomic E-state index is 10.4. The van der Waals surface area contributed by atoms with Crippen molar-refractivity contribution < 1.29 is 9.90 Å². The SMILES string of the molecule is Cc1cccc(C(N)CCC(=O)O)c1C. The molecule has 0 aliphatic rings. The van der Waals surface area contributed by atoms with Gasteiger partial charge in [-0.2, -0.15) is 0 Å². The monoisotopic (exact) mass is 207 g/mol. The summed E-state index contributed by atoms with van der Waals surface area (Å²) in [7, 11) is 0. The molecule has 1 aromatic rings. The van der Waals surface area contributed by atoms with Crippen LogP contribution in [0, 0.1) is 13.8 Å². The first-order valence-electron chi connectivity index (χ1n) is 5.06. The molecule has 1 aromatic carbocycles. The molecule has 0 saturated carbocycles. The van der Waals surface area contributed by atoms with Crippen molar-refractivity contribution >= 4 is 5.97 Å². The molecule has 82 valence electrons. The van der Waals surface area contributed by atoms with Gasteiger partial charge in [0, 0.05) is 12.5 Å². The van der Waals surface area contributed by atoms with Crippen molar-refractivity contribution in [2.45, 2.75) is 32.7 Å². The number of rotatable bonds is 4. The summed E-state index contributed by atoms with van der Waals surface area (Å²) in [4.78, 5) is 10.4. The van der Waals surface area contributed by atoms with Crippen molar-refractivity contribution in [3.8, 4) is 0 Å². The quantitative estimate of drug-likeness (QED) is 0.795. The van der Waals surface area contributed by atoms with E-state index in [9.17, 15) is 4.79 Å². The molecule has 0 radical (unpaired) electrons. The van der Waals surface area contributed by atoms with Gasteiger partial charge >= 0.3 is 5.97 Å². The van der Waals surface area contributed by atoms with Crippen LogP contribution >= 0.6 is 0 Å². The number of carbonyl (C=O) groups is 1. The predicted molar refractivity (Wildman–Crippen MR) is 59.7 cm³/mol. The summed E-state index contributed by atoms with van der Waals surface area (Å²) in [5.41, 5.74) is 9.36. The number of hydrogen-bond acceptors (Lipinski definition) is 2. The van der Waals surface area contributed by atoms with E-state index in [0.717, 1.165) is 11.1 Å². The van der Waals surface area contributed by atoms with E-state index >= 15 is 0 Å². The van der Waals surface area contributed by atoms with Gasteiger partial charge in [-0.1, -0.05) is 18.2 Å². The van der Waals surface area contributed by atoms with Gasteiger partial charge in [-0.05, 0) is 37.0 Å². The Morgan fingerprint density at radius 1 is 1.47 bits per heavy atom. The van der Waals surface area contributed by atoms with Crippen molar-refractivity contribution in [3.05, 3.63) is 34.9 Å². The molecule has 0 aliphatic carbocycles. The first-order valence-corrected chi connectivity index (χ1v) is 5.06. The zero-order valence-electron chi connectivity index (χ0n) is 9.16. The molecule has 1 rings (SSSR count). The molecule has 3 heteroatoms. The van der Waals surface area contributed by atoms with Gasteiger partial charge in [0.15, 0.2) is 0 Å². The van der Waals surface area contributed by atoms with Gasteiger partial charge in [-0.15, -0.1) is 0 Å². The van der Waals surface area contributed by atoms with Gasteiger partial charge < -0.3 is 10.8 Å². The Hall–Kier alpha value is -1.35. The summed E-state index contributed by atoms with van der Waals surface area (Å²) in [6, 6.07) is 5.77. The molecule has 0 saturated heterocycles. The van der Waals surface area contributed by atoms with Crippen LogP contribution in [-0.2, 0) is 4.79 Å². The van der Waals surface area contributed by atoms with Crippen LogP contribution in [0.5, 0.6) is 0 Å². The summed E-state index contributed by atoms with van der Waals surface area (Å²) < 4.78 is 0. The molecule has 0 amide bonds. The Morgan fingerprint density at radius 3 is 2.73 bits per heavy atom. The van der Waals surface area contributed by atoms with Gasteiger partial charge in [-0.3, -0.25) is 4.79 Å². The Morgan fingerprint density at radius 2 is 2.13 bits per heavy atom. The average Bonchev–Trinajstić information content (AvgIpc) is 2.18. The maximum Gasteiger partial charge on any atom is 0.303 e. The van der Waals surface area contributed by atoms with E-state index in [1.54, 1.807) is 0 Å². The summed E-state index contributed by atoms with van der Waals surface area (Å²) in [5.74, 6) is -0.796. The van der Waals surface area contributed by atoms with Gasteiger partial charge in [0.2, 0.25) is 0 Å². The van der Waals surface area contributed by atoms with Crippen molar-refractivity contribution in [1.82, 2.24) is 0 Å². The third kappa shape index (κ3) is 3.06. The maximum atomic E-state index is 10.4. The molecule has 0 bridgehead atoms. The van der Waals surface area contributed by atoms with Gasteiger partial charge in [0.25, 0.3) is 0 Å². The minimum Gasteiger partial charge on any atom is -0.481 e. The smallest absolute Gasteiger partial charge is 0.303 e. The van der Waals surface area contributed by atoms with Crippen LogP contribution in [0.25, 0.3) is 0 Å². The van der Waals surface area contributed by atoms with E-state index < -0.39 is 5.97 Å². The third-order valence-electron chi connectivity index (χ3n) is 2.72. The van der Waals surface area contributed by atoms with E-state index in [2.05, 4.69) is 0 Å². The summed E-state index contributed by atoms with van der Waals surface area (Å²) in [6.07, 6.45) is 0.605. The van der Waals surface area contributed by atoms with Crippen LogP contribution in [0.2, 0.25) is 0 Å². The molecule has 0 fully saturated rings. The lowest BCUT2D eigenvalue weighted by molar-refractivity contribution is -0.137. The van der Waals surface area contributed by atoms with E-state index in [1.165, 1.54) is 5.56 Å². The molecule has 1 atom stereocenters. The number of carboxylic acids is 1. The highest BCUT2D eigenvalue weighted by Crippen LogP contribution is 2.21. The number of aliphatic carboxylic acids is 1. The van der Waals surface area contributed by atoms with Gasteiger partial charge in [0.1, 0.15) is 0 Å². The molecule has 15 heavy (non-hydrogen) atoms. The number of carboxylic acid groups (broad SMARTS) is 1. The van der Waals surface area contributed by atoms with Crippen LogP contribution in [-0.4, -0.2) is 11.1 Å². The fraction of sp³-hybridized carbons (Fsp3) is 0.417. The molecule has 0 heterocycles. The number of nitrogens with two attached hydrogens (primary N) is 1. The standard InChI is InChI=1S/C12H17NO2/c1-8-4-3-5-10(9(8)2)11(13)6-7-12(14)15/h3-5,11H,6-7,13H2,1-2H3,(H,14,15). The third-order valence-corrected chi connectivity index (χ3v) is 2.72. The summed E-state index contributed by atoms with van der Waals surface area (Å²) in [6.45, 7) is 4.05. The fourth-order valence-corrected chi connectivity index (χ4v) is 1.61. The Bertz CT molecular complexity index is 361. The van der Waals surface area contributed by atoms with Crippen molar-refractivity contribution in [3.63, 3.8) is 0 Å². The van der Waals surface area contributed by atoms with Gasteiger partial charge in [0.05, 0.1) is 0 Å². The molecule has 1 unspecified atom stereocenters. The number of benzene rings is 1. The highest BCUT2D eigenvalue weighted by atomic mass is 16.4. The molecule has 0 spiro atoms. The van der Waals surface area contributed by atoms with E-state index in [0.29, 0.717) is 6.42 Å². The number of hydrogen-bond donors (Lipinski definition) is 2. The molecule has 3 nitrogen and oxygen atoms in total. The molecule has 3 N–H and O–H groups in total. The Kier molecular flexibility index (Phi) is 3.86. The van der Waals surface area contributed by atoms with Gasteiger partial charge in [-0.25, -0.2) is 0 Å². The largest absolute Gasteiger partial charge is 0.481 e. The normalized spacial score (nSPS) is 12.5. The van der Waals surface area contributed by atoms with E-state index in [-0.39, 0.29) is 12.5 Å². The lowest BCUT2D eigenvalue weighted by atomic mass is 9.95.